The SMILES string of the molecule is CCOC(C)C(=O)N1C2CCNCC1CC2. The second-order valence-corrected chi connectivity index (χ2v) is 4.72. The van der Waals surface area contributed by atoms with E-state index >= 15 is 0 Å². The van der Waals surface area contributed by atoms with Crippen molar-refractivity contribution in [3.8, 4) is 0 Å². The van der Waals surface area contributed by atoms with E-state index in [1.807, 2.05) is 13.8 Å². The van der Waals surface area contributed by atoms with Crippen LogP contribution in [0.5, 0.6) is 0 Å². The van der Waals surface area contributed by atoms with Crippen molar-refractivity contribution in [1.82, 2.24) is 10.2 Å². The predicted octanol–water partition coefficient (Wildman–Crippen LogP) is 0.764. The fourth-order valence-corrected chi connectivity index (χ4v) is 2.87. The normalized spacial score (nSPS) is 31.2. The van der Waals surface area contributed by atoms with E-state index in [2.05, 4.69) is 10.2 Å². The summed E-state index contributed by atoms with van der Waals surface area (Å²) in [6, 6.07) is 0.832. The number of carbonyl (C=O) groups is 1. The maximum Gasteiger partial charge on any atom is 0.251 e. The van der Waals surface area contributed by atoms with Crippen molar-refractivity contribution in [2.75, 3.05) is 19.7 Å². The number of hydrogen-bond donors (Lipinski definition) is 1. The molecule has 0 radical (unpaired) electrons. The van der Waals surface area contributed by atoms with Gasteiger partial charge in [0.25, 0.3) is 5.91 Å². The monoisotopic (exact) mass is 226 g/mol. The van der Waals surface area contributed by atoms with Gasteiger partial charge in [0.1, 0.15) is 6.10 Å². The van der Waals surface area contributed by atoms with Gasteiger partial charge in [-0.15, -0.1) is 0 Å². The summed E-state index contributed by atoms with van der Waals surface area (Å²) < 4.78 is 5.41. The molecule has 3 atom stereocenters. The number of nitrogens with zero attached hydrogens (tertiary/aromatic N) is 1. The summed E-state index contributed by atoms with van der Waals surface area (Å²) in [5.74, 6) is 0.179. The number of nitrogens with one attached hydrogen (secondary N) is 1. The zero-order valence-corrected chi connectivity index (χ0v) is 10.2. The molecule has 1 amide bonds. The summed E-state index contributed by atoms with van der Waals surface area (Å²) in [5, 5.41) is 3.40. The number of fused-ring (bicyclic) bond motifs is 2. The van der Waals surface area contributed by atoms with Gasteiger partial charge in [-0.3, -0.25) is 4.79 Å². The van der Waals surface area contributed by atoms with Crippen LogP contribution in [0.2, 0.25) is 0 Å². The molecule has 3 unspecified atom stereocenters. The van der Waals surface area contributed by atoms with Crippen molar-refractivity contribution in [1.29, 1.82) is 0 Å². The van der Waals surface area contributed by atoms with Gasteiger partial charge in [0.05, 0.1) is 0 Å². The van der Waals surface area contributed by atoms with Crippen LogP contribution in [0.4, 0.5) is 0 Å². The first kappa shape index (κ1) is 11.9. The number of amides is 1. The standard InChI is InChI=1S/C12H22N2O2/c1-3-16-9(2)12(15)14-10-4-5-11(14)8-13-7-6-10/h9-11,13H,3-8H2,1-2H3. The highest BCUT2D eigenvalue weighted by molar-refractivity contribution is 5.81. The molecule has 4 nitrogen and oxygen atoms in total. The van der Waals surface area contributed by atoms with E-state index in [1.54, 1.807) is 0 Å². The van der Waals surface area contributed by atoms with Gasteiger partial charge in [-0.1, -0.05) is 0 Å². The number of ether oxygens (including phenoxy) is 1. The van der Waals surface area contributed by atoms with Gasteiger partial charge in [-0.25, -0.2) is 0 Å². The average Bonchev–Trinajstić information content (AvgIpc) is 2.51. The lowest BCUT2D eigenvalue weighted by molar-refractivity contribution is -0.145. The van der Waals surface area contributed by atoms with Crippen molar-refractivity contribution in [3.63, 3.8) is 0 Å². The van der Waals surface area contributed by atoms with E-state index in [9.17, 15) is 4.79 Å². The molecule has 1 N–H and O–H groups in total. The van der Waals surface area contributed by atoms with Gasteiger partial charge in [0.2, 0.25) is 0 Å². The summed E-state index contributed by atoms with van der Waals surface area (Å²) in [5.41, 5.74) is 0. The second kappa shape index (κ2) is 5.15. The lowest BCUT2D eigenvalue weighted by Crippen LogP contribution is -2.47. The lowest BCUT2D eigenvalue weighted by Gasteiger charge is -2.30. The number of hydrogen-bond acceptors (Lipinski definition) is 3. The highest BCUT2D eigenvalue weighted by Gasteiger charge is 2.39. The zero-order chi connectivity index (χ0) is 11.5. The predicted molar refractivity (Wildman–Crippen MR) is 62.2 cm³/mol. The van der Waals surface area contributed by atoms with E-state index in [0.29, 0.717) is 18.7 Å². The van der Waals surface area contributed by atoms with Crippen molar-refractivity contribution < 1.29 is 9.53 Å². The molecule has 0 aromatic rings. The molecule has 2 aliphatic rings. The van der Waals surface area contributed by atoms with Crippen LogP contribution in [0, 0.1) is 0 Å². The molecule has 2 bridgehead atoms. The molecule has 0 aliphatic carbocycles. The first-order valence-corrected chi connectivity index (χ1v) is 6.38. The summed E-state index contributed by atoms with van der Waals surface area (Å²) >= 11 is 0. The Balaban J connectivity index is 2.04. The molecule has 0 spiro atoms. The average molecular weight is 226 g/mol. The van der Waals surface area contributed by atoms with Crippen molar-refractivity contribution in [2.45, 2.75) is 51.3 Å². The van der Waals surface area contributed by atoms with Gasteiger partial charge >= 0.3 is 0 Å². The number of rotatable bonds is 3. The topological polar surface area (TPSA) is 41.6 Å². The first-order chi connectivity index (χ1) is 7.74. The van der Waals surface area contributed by atoms with E-state index < -0.39 is 0 Å². The minimum absolute atomic E-state index is 0.179. The van der Waals surface area contributed by atoms with Gasteiger partial charge in [0, 0.05) is 25.2 Å². The summed E-state index contributed by atoms with van der Waals surface area (Å²) in [7, 11) is 0. The summed E-state index contributed by atoms with van der Waals surface area (Å²) in [6.07, 6.45) is 3.10. The van der Waals surface area contributed by atoms with Crippen LogP contribution in [-0.2, 0) is 9.53 Å². The fourth-order valence-electron chi connectivity index (χ4n) is 2.87. The van der Waals surface area contributed by atoms with Gasteiger partial charge < -0.3 is 15.0 Å². The Bertz CT molecular complexity index is 243. The Hall–Kier alpha value is -0.610. The van der Waals surface area contributed by atoms with Crippen LogP contribution in [0.25, 0.3) is 0 Å². The fraction of sp³-hybridized carbons (Fsp3) is 0.917. The van der Waals surface area contributed by atoms with Crippen LogP contribution in [-0.4, -0.2) is 48.7 Å². The molecule has 16 heavy (non-hydrogen) atoms. The third-order valence-corrected chi connectivity index (χ3v) is 3.67. The van der Waals surface area contributed by atoms with Crippen molar-refractivity contribution in [2.24, 2.45) is 0 Å². The summed E-state index contributed by atoms with van der Waals surface area (Å²) in [4.78, 5) is 14.4. The second-order valence-electron chi connectivity index (χ2n) is 4.72. The van der Waals surface area contributed by atoms with E-state index in [1.165, 1.54) is 0 Å². The van der Waals surface area contributed by atoms with Crippen LogP contribution < -0.4 is 5.32 Å². The molecule has 2 fully saturated rings. The Kier molecular flexibility index (Phi) is 3.82. The zero-order valence-electron chi connectivity index (χ0n) is 10.2. The van der Waals surface area contributed by atoms with Gasteiger partial charge in [0.15, 0.2) is 0 Å². The van der Waals surface area contributed by atoms with E-state index in [0.717, 1.165) is 32.4 Å². The van der Waals surface area contributed by atoms with E-state index in [4.69, 9.17) is 4.74 Å². The Morgan fingerprint density at radius 1 is 1.44 bits per heavy atom. The maximum absolute atomic E-state index is 12.3. The van der Waals surface area contributed by atoms with E-state index in [-0.39, 0.29) is 12.0 Å². The molecular formula is C12H22N2O2. The third-order valence-electron chi connectivity index (χ3n) is 3.67. The Morgan fingerprint density at radius 3 is 2.94 bits per heavy atom. The molecule has 0 aromatic carbocycles. The molecule has 2 rings (SSSR count). The Labute approximate surface area is 97.3 Å². The smallest absolute Gasteiger partial charge is 0.251 e. The van der Waals surface area contributed by atoms with Gasteiger partial charge in [-0.2, -0.15) is 0 Å². The van der Waals surface area contributed by atoms with Crippen LogP contribution in [0.1, 0.15) is 33.1 Å². The third kappa shape index (κ3) is 2.23. The number of carbonyl (C=O) groups excluding carboxylic acids is 1. The lowest BCUT2D eigenvalue weighted by atomic mass is 10.1. The van der Waals surface area contributed by atoms with Crippen LogP contribution in [0.15, 0.2) is 0 Å². The largest absolute Gasteiger partial charge is 0.369 e. The highest BCUT2D eigenvalue weighted by atomic mass is 16.5. The first-order valence-electron chi connectivity index (χ1n) is 6.38. The molecular weight excluding hydrogens is 204 g/mol. The minimum Gasteiger partial charge on any atom is -0.369 e. The molecule has 2 saturated heterocycles. The quantitative estimate of drug-likeness (QED) is 0.772. The van der Waals surface area contributed by atoms with Crippen LogP contribution in [0.3, 0.4) is 0 Å². The Morgan fingerprint density at radius 2 is 2.19 bits per heavy atom. The minimum atomic E-state index is -0.286. The summed E-state index contributed by atoms with van der Waals surface area (Å²) in [6.45, 7) is 6.38. The highest BCUT2D eigenvalue weighted by Crippen LogP contribution is 2.28. The van der Waals surface area contributed by atoms with Crippen molar-refractivity contribution in [3.05, 3.63) is 0 Å². The molecule has 92 valence electrons. The molecule has 2 heterocycles. The van der Waals surface area contributed by atoms with Crippen molar-refractivity contribution >= 4 is 5.91 Å². The molecule has 2 aliphatic heterocycles. The molecule has 4 heteroatoms. The molecule has 0 saturated carbocycles. The van der Waals surface area contributed by atoms with Gasteiger partial charge in [-0.05, 0) is 39.7 Å². The maximum atomic E-state index is 12.3. The van der Waals surface area contributed by atoms with Crippen LogP contribution >= 0.6 is 0 Å². The molecule has 0 aromatic heterocycles.